The van der Waals surface area contributed by atoms with Crippen molar-refractivity contribution in [1.29, 1.82) is 0 Å². The first kappa shape index (κ1) is 22.8. The zero-order valence-corrected chi connectivity index (χ0v) is 19.6. The summed E-state index contributed by atoms with van der Waals surface area (Å²) in [4.78, 5) is 22.5. The molecule has 0 aliphatic heterocycles. The predicted octanol–water partition coefficient (Wildman–Crippen LogP) is 2.53. The summed E-state index contributed by atoms with van der Waals surface area (Å²) >= 11 is 3.84. The molecular weight excluding hydrogens is 614 g/mol. The van der Waals surface area contributed by atoms with Crippen molar-refractivity contribution in [2.45, 2.75) is 24.3 Å². The molecule has 0 aromatic heterocycles. The van der Waals surface area contributed by atoms with Crippen LogP contribution in [-0.2, 0) is 26.0 Å². The van der Waals surface area contributed by atoms with Crippen molar-refractivity contribution in [2.75, 3.05) is 5.32 Å². The number of carbonyl (C=O) groups is 2. The summed E-state index contributed by atoms with van der Waals surface area (Å²) in [6.07, 6.45) is -0.0924. The Labute approximate surface area is 189 Å². The van der Waals surface area contributed by atoms with Gasteiger partial charge in [-0.05, 0) is 93.6 Å². The zero-order valence-electron chi connectivity index (χ0n) is 14.4. The van der Waals surface area contributed by atoms with Crippen LogP contribution in [0.15, 0.2) is 41.3 Å². The molecule has 0 fully saturated rings. The molecule has 11 heteroatoms. The second-order valence-corrected chi connectivity index (χ2v) is 9.87. The van der Waals surface area contributed by atoms with Gasteiger partial charge in [-0.15, -0.1) is 0 Å². The lowest BCUT2D eigenvalue weighted by molar-refractivity contribution is -0.138. The predicted molar refractivity (Wildman–Crippen MR) is 120 cm³/mol. The third kappa shape index (κ3) is 6.02. The fraction of sp³-hybridized carbons (Fsp3) is 0.176. The summed E-state index contributed by atoms with van der Waals surface area (Å²) < 4.78 is 28.4. The van der Waals surface area contributed by atoms with Crippen LogP contribution in [0.2, 0.25) is 0 Å². The van der Waals surface area contributed by atoms with Gasteiger partial charge in [0, 0.05) is 12.6 Å². The number of carboxylic acid groups (broad SMARTS) is 1. The van der Waals surface area contributed by atoms with Crippen LogP contribution in [0.5, 0.6) is 5.75 Å². The number of carbonyl (C=O) groups excluding carboxylic acids is 1. The van der Waals surface area contributed by atoms with E-state index in [9.17, 15) is 28.2 Å². The minimum atomic E-state index is -4.09. The Kier molecular flexibility index (Phi) is 7.64. The van der Waals surface area contributed by atoms with E-state index in [1.807, 2.05) is 45.2 Å². The summed E-state index contributed by atoms with van der Waals surface area (Å²) in [5, 5.41) is 21.8. The Bertz CT molecular complexity index is 986. The standard InChI is InChI=1S/C17H16I2N2O6S/c1-9(22)20-11-2-4-12(5-3-11)28(26,27)21-15(17(24)25)8-10-6-13(18)16(23)14(19)7-10/h2-7,15,21,23H,8H2,1H3,(H,20,22)(H,24,25). The minimum Gasteiger partial charge on any atom is -0.506 e. The number of phenols is 1. The van der Waals surface area contributed by atoms with E-state index in [1.165, 1.54) is 31.2 Å². The molecule has 1 atom stereocenters. The van der Waals surface area contributed by atoms with Crippen LogP contribution in [0.1, 0.15) is 12.5 Å². The van der Waals surface area contributed by atoms with Gasteiger partial charge in [-0.1, -0.05) is 0 Å². The number of amides is 1. The molecule has 0 bridgehead atoms. The summed E-state index contributed by atoms with van der Waals surface area (Å²) in [5.74, 6) is -1.52. The normalized spacial score (nSPS) is 12.4. The van der Waals surface area contributed by atoms with Gasteiger partial charge in [0.15, 0.2) is 0 Å². The Morgan fingerprint density at radius 2 is 1.64 bits per heavy atom. The number of nitrogens with one attached hydrogen (secondary N) is 2. The van der Waals surface area contributed by atoms with Crippen molar-refractivity contribution in [3.05, 3.63) is 49.1 Å². The summed E-state index contributed by atoms with van der Waals surface area (Å²) in [7, 11) is -4.09. The van der Waals surface area contributed by atoms with Crippen LogP contribution in [0, 0.1) is 7.14 Å². The maximum Gasteiger partial charge on any atom is 0.322 e. The topological polar surface area (TPSA) is 133 Å². The van der Waals surface area contributed by atoms with Crippen molar-refractivity contribution in [3.63, 3.8) is 0 Å². The van der Waals surface area contributed by atoms with Gasteiger partial charge in [0.05, 0.1) is 12.0 Å². The molecule has 8 nitrogen and oxygen atoms in total. The molecule has 0 heterocycles. The quantitative estimate of drug-likeness (QED) is 0.348. The molecule has 0 aliphatic rings. The van der Waals surface area contributed by atoms with Crippen LogP contribution in [-0.4, -0.2) is 36.5 Å². The van der Waals surface area contributed by atoms with Gasteiger partial charge in [0.25, 0.3) is 0 Å². The van der Waals surface area contributed by atoms with Crippen LogP contribution in [0.4, 0.5) is 5.69 Å². The number of sulfonamides is 1. The third-order valence-corrected chi connectivity index (χ3v) is 6.73. The Morgan fingerprint density at radius 1 is 1.11 bits per heavy atom. The summed E-state index contributed by atoms with van der Waals surface area (Å²) in [5.41, 5.74) is 0.997. The second-order valence-electron chi connectivity index (χ2n) is 5.83. The first-order valence-corrected chi connectivity index (χ1v) is 11.4. The highest BCUT2D eigenvalue weighted by molar-refractivity contribution is 14.1. The van der Waals surface area contributed by atoms with E-state index in [4.69, 9.17) is 0 Å². The fourth-order valence-electron chi connectivity index (χ4n) is 2.33. The monoisotopic (exact) mass is 630 g/mol. The van der Waals surface area contributed by atoms with Gasteiger partial charge in [-0.25, -0.2) is 8.42 Å². The molecule has 4 N–H and O–H groups in total. The number of rotatable bonds is 7. The molecule has 28 heavy (non-hydrogen) atoms. The first-order chi connectivity index (χ1) is 13.0. The van der Waals surface area contributed by atoms with E-state index in [2.05, 4.69) is 10.0 Å². The van der Waals surface area contributed by atoms with Crippen LogP contribution in [0.25, 0.3) is 0 Å². The van der Waals surface area contributed by atoms with E-state index in [1.54, 1.807) is 12.1 Å². The molecule has 2 aromatic rings. The molecule has 0 spiro atoms. The Balaban J connectivity index is 2.23. The number of aromatic hydroxyl groups is 1. The number of hydrogen-bond donors (Lipinski definition) is 4. The molecule has 0 radical (unpaired) electrons. The van der Waals surface area contributed by atoms with E-state index < -0.39 is 22.0 Å². The number of halogens is 2. The molecule has 2 rings (SSSR count). The maximum absolute atomic E-state index is 12.6. The lowest BCUT2D eigenvalue weighted by Crippen LogP contribution is -2.42. The van der Waals surface area contributed by atoms with Gasteiger partial charge >= 0.3 is 5.97 Å². The molecule has 1 unspecified atom stereocenters. The van der Waals surface area contributed by atoms with Gasteiger partial charge in [0.1, 0.15) is 11.8 Å². The molecule has 1 amide bonds. The molecule has 0 saturated carbocycles. The molecule has 0 saturated heterocycles. The highest BCUT2D eigenvalue weighted by Crippen LogP contribution is 2.28. The van der Waals surface area contributed by atoms with Crippen molar-refractivity contribution in [2.24, 2.45) is 0 Å². The third-order valence-electron chi connectivity index (χ3n) is 3.60. The SMILES string of the molecule is CC(=O)Nc1ccc(S(=O)(=O)NC(Cc2cc(I)c(O)c(I)c2)C(=O)O)cc1. The average Bonchev–Trinajstić information content (AvgIpc) is 2.58. The molecule has 150 valence electrons. The summed E-state index contributed by atoms with van der Waals surface area (Å²) in [6.45, 7) is 1.33. The van der Waals surface area contributed by atoms with Crippen molar-refractivity contribution < 1.29 is 28.2 Å². The fourth-order valence-corrected chi connectivity index (χ4v) is 5.41. The number of anilines is 1. The number of phenolic OH excluding ortho intramolecular Hbond substituents is 1. The van der Waals surface area contributed by atoms with Crippen LogP contribution in [0.3, 0.4) is 0 Å². The van der Waals surface area contributed by atoms with Crippen molar-refractivity contribution >= 4 is 72.8 Å². The van der Waals surface area contributed by atoms with Gasteiger partial charge in [-0.2, -0.15) is 4.72 Å². The lowest BCUT2D eigenvalue weighted by Gasteiger charge is -2.16. The highest BCUT2D eigenvalue weighted by atomic mass is 127. The molecular formula is C17H16I2N2O6S. The zero-order chi connectivity index (χ0) is 21.1. The minimum absolute atomic E-state index is 0.0924. The Morgan fingerprint density at radius 3 is 2.11 bits per heavy atom. The number of carboxylic acids is 1. The van der Waals surface area contributed by atoms with E-state index in [0.29, 0.717) is 18.4 Å². The smallest absolute Gasteiger partial charge is 0.322 e. The van der Waals surface area contributed by atoms with Gasteiger partial charge in [-0.3, -0.25) is 9.59 Å². The maximum atomic E-state index is 12.6. The second kappa shape index (κ2) is 9.37. The number of benzene rings is 2. The van der Waals surface area contributed by atoms with E-state index in [-0.39, 0.29) is 23.0 Å². The first-order valence-electron chi connectivity index (χ1n) is 7.79. The van der Waals surface area contributed by atoms with Gasteiger partial charge < -0.3 is 15.5 Å². The highest BCUT2D eigenvalue weighted by Gasteiger charge is 2.26. The van der Waals surface area contributed by atoms with Crippen molar-refractivity contribution in [1.82, 2.24) is 4.72 Å². The average molecular weight is 630 g/mol. The van der Waals surface area contributed by atoms with E-state index >= 15 is 0 Å². The largest absolute Gasteiger partial charge is 0.506 e. The number of aliphatic carboxylic acids is 1. The molecule has 2 aromatic carbocycles. The number of hydrogen-bond acceptors (Lipinski definition) is 5. The van der Waals surface area contributed by atoms with E-state index in [0.717, 1.165) is 0 Å². The van der Waals surface area contributed by atoms with Crippen LogP contribution >= 0.6 is 45.2 Å². The Hall–Kier alpha value is -1.45. The van der Waals surface area contributed by atoms with Crippen molar-refractivity contribution in [3.8, 4) is 5.75 Å². The molecule has 0 aliphatic carbocycles. The van der Waals surface area contributed by atoms with Gasteiger partial charge in [0.2, 0.25) is 15.9 Å². The lowest BCUT2D eigenvalue weighted by atomic mass is 10.1. The van der Waals surface area contributed by atoms with Crippen LogP contribution < -0.4 is 10.0 Å². The summed E-state index contributed by atoms with van der Waals surface area (Å²) in [6, 6.07) is 7.19.